The third-order valence-electron chi connectivity index (χ3n) is 4.45. The van der Waals surface area contributed by atoms with Crippen molar-refractivity contribution >= 4 is 23.0 Å². The highest BCUT2D eigenvalue weighted by Crippen LogP contribution is 2.36. The van der Waals surface area contributed by atoms with Gasteiger partial charge in [0.05, 0.1) is 23.3 Å². The Hall–Kier alpha value is -3.09. The molecule has 2 atom stereocenters. The Morgan fingerprint density at radius 1 is 1.17 bits per heavy atom. The fourth-order valence-corrected chi connectivity index (χ4v) is 2.96. The van der Waals surface area contributed by atoms with Crippen LogP contribution >= 0.6 is 11.6 Å². The van der Waals surface area contributed by atoms with E-state index in [2.05, 4.69) is 20.4 Å². The van der Waals surface area contributed by atoms with E-state index < -0.39 is 23.9 Å². The fourth-order valence-electron chi connectivity index (χ4n) is 2.75. The normalized spacial score (nSPS) is 13.5. The van der Waals surface area contributed by atoms with Gasteiger partial charge in [-0.2, -0.15) is 13.2 Å². The highest BCUT2D eigenvalue weighted by atomic mass is 35.5. The van der Waals surface area contributed by atoms with Crippen LogP contribution in [0.5, 0.6) is 0 Å². The minimum absolute atomic E-state index is 0.0179. The molecule has 0 unspecified atom stereocenters. The molecule has 0 saturated carbocycles. The van der Waals surface area contributed by atoms with E-state index in [1.165, 1.54) is 19.1 Å². The summed E-state index contributed by atoms with van der Waals surface area (Å²) in [4.78, 5) is 3.33. The lowest BCUT2D eigenvalue weighted by molar-refractivity contribution is -0.137. The van der Waals surface area contributed by atoms with E-state index in [4.69, 9.17) is 22.6 Å². The average molecular weight is 437 g/mol. The molecule has 30 heavy (non-hydrogen) atoms. The average Bonchev–Trinajstić information content (AvgIpc) is 3.18. The van der Waals surface area contributed by atoms with Crippen LogP contribution in [0.15, 0.2) is 40.8 Å². The summed E-state index contributed by atoms with van der Waals surface area (Å²) in [5.74, 6) is 0.0639. The number of nitrogens with one attached hydrogen (secondary N) is 1. The third-order valence-corrected chi connectivity index (χ3v) is 4.92. The van der Waals surface area contributed by atoms with Gasteiger partial charge >= 0.3 is 6.18 Å². The first kappa shape index (κ1) is 21.6. The van der Waals surface area contributed by atoms with Crippen LogP contribution in [0.3, 0.4) is 0 Å². The second-order valence-corrected chi connectivity index (χ2v) is 6.94. The number of nitrogens with zero attached hydrogens (tertiary/aromatic N) is 3. The summed E-state index contributed by atoms with van der Waals surface area (Å²) in [6.45, 7) is 10.4. The van der Waals surface area contributed by atoms with E-state index >= 15 is 0 Å². The largest absolute Gasteiger partial charge is 0.418 e. The summed E-state index contributed by atoms with van der Waals surface area (Å²) in [6.07, 6.45) is -5.40. The summed E-state index contributed by atoms with van der Waals surface area (Å²) >= 11 is 6.19. The fraction of sp³-hybridized carbons (Fsp3) is 0.250. The zero-order chi connectivity index (χ0) is 22.1. The predicted molar refractivity (Wildman–Crippen MR) is 105 cm³/mol. The molecule has 0 bridgehead atoms. The molecule has 1 aromatic heterocycles. The van der Waals surface area contributed by atoms with Crippen LogP contribution < -0.4 is 5.32 Å². The molecular formula is C20H16ClF3N4O2. The molecule has 0 radical (unpaired) electrons. The molecule has 0 spiro atoms. The van der Waals surface area contributed by atoms with Gasteiger partial charge in [-0.25, -0.2) is 4.85 Å². The topological polar surface area (TPSA) is 75.5 Å². The van der Waals surface area contributed by atoms with Crippen LogP contribution in [-0.2, 0) is 6.18 Å². The van der Waals surface area contributed by atoms with Gasteiger partial charge in [0.15, 0.2) is 0 Å². The molecule has 2 N–H and O–H groups in total. The molecular weight excluding hydrogens is 421 g/mol. The number of aliphatic hydroxyl groups is 1. The van der Waals surface area contributed by atoms with Crippen molar-refractivity contribution < 1.29 is 22.7 Å². The van der Waals surface area contributed by atoms with Crippen molar-refractivity contribution in [3.8, 4) is 11.5 Å². The van der Waals surface area contributed by atoms with Gasteiger partial charge in [0.2, 0.25) is 17.5 Å². The van der Waals surface area contributed by atoms with Crippen LogP contribution in [0.4, 0.5) is 24.5 Å². The smallest absolute Gasteiger partial charge is 0.416 e. The number of anilines is 1. The van der Waals surface area contributed by atoms with Crippen molar-refractivity contribution in [3.63, 3.8) is 0 Å². The van der Waals surface area contributed by atoms with Crippen molar-refractivity contribution in [1.82, 2.24) is 10.2 Å². The Morgan fingerprint density at radius 2 is 1.83 bits per heavy atom. The first-order valence-electron chi connectivity index (χ1n) is 8.74. The Kier molecular flexibility index (Phi) is 6.01. The molecule has 3 aromatic rings. The third kappa shape index (κ3) is 4.40. The van der Waals surface area contributed by atoms with Crippen LogP contribution in [0, 0.1) is 13.5 Å². The minimum atomic E-state index is -4.44. The molecule has 10 heteroatoms. The summed E-state index contributed by atoms with van der Waals surface area (Å²) in [5, 5.41) is 21.4. The van der Waals surface area contributed by atoms with E-state index in [0.717, 1.165) is 12.1 Å². The minimum Gasteiger partial charge on any atom is -0.418 e. The first-order valence-corrected chi connectivity index (χ1v) is 9.11. The number of aliphatic hydroxyl groups excluding tert-OH is 1. The number of hydrogen-bond donors (Lipinski definition) is 2. The summed E-state index contributed by atoms with van der Waals surface area (Å²) in [5.41, 5.74) is 0.998. The van der Waals surface area contributed by atoms with E-state index in [1.807, 2.05) is 0 Å². The Balaban J connectivity index is 1.88. The monoisotopic (exact) mass is 436 g/mol. The standard InChI is InChI=1S/C20H16ClF3N4O2/c1-10-14(8-9-15(25-3)16(10)21)26-17(11(2)29)19-28-27-18(30-19)12-4-6-13(7-5-12)20(22,23)24/h4-9,11,17,26,29H,1-2H3/t11-,17+/m0/s1. The number of alkyl halides is 3. The first-order chi connectivity index (χ1) is 14.1. The maximum absolute atomic E-state index is 12.7. The van der Waals surface area contributed by atoms with Crippen molar-refractivity contribution in [2.24, 2.45) is 0 Å². The Labute approximate surface area is 175 Å². The van der Waals surface area contributed by atoms with Crippen LogP contribution in [0.2, 0.25) is 5.02 Å². The highest BCUT2D eigenvalue weighted by Gasteiger charge is 2.30. The number of halogens is 4. The van der Waals surface area contributed by atoms with E-state index in [-0.39, 0.29) is 16.8 Å². The lowest BCUT2D eigenvalue weighted by Crippen LogP contribution is -2.23. The van der Waals surface area contributed by atoms with Gasteiger partial charge in [-0.1, -0.05) is 17.7 Å². The summed E-state index contributed by atoms with van der Waals surface area (Å²) in [7, 11) is 0. The molecule has 0 aliphatic carbocycles. The van der Waals surface area contributed by atoms with Gasteiger partial charge in [0.1, 0.15) is 6.04 Å². The zero-order valence-corrected chi connectivity index (χ0v) is 16.6. The maximum Gasteiger partial charge on any atom is 0.416 e. The second kappa shape index (κ2) is 8.34. The molecule has 0 fully saturated rings. The zero-order valence-electron chi connectivity index (χ0n) is 15.8. The molecule has 6 nitrogen and oxygen atoms in total. The molecule has 0 aliphatic heterocycles. The van der Waals surface area contributed by atoms with Crippen molar-refractivity contribution in [3.05, 3.63) is 69.9 Å². The van der Waals surface area contributed by atoms with Gasteiger partial charge in [-0.05, 0) is 49.7 Å². The number of benzene rings is 2. The quantitative estimate of drug-likeness (QED) is 0.494. The van der Waals surface area contributed by atoms with Crippen molar-refractivity contribution in [2.75, 3.05) is 5.32 Å². The number of aromatic nitrogens is 2. The molecule has 0 saturated heterocycles. The molecule has 0 aliphatic rings. The van der Waals surface area contributed by atoms with Gasteiger partial charge < -0.3 is 14.8 Å². The van der Waals surface area contributed by atoms with Crippen LogP contribution in [-0.4, -0.2) is 21.4 Å². The van der Waals surface area contributed by atoms with Gasteiger partial charge in [-0.3, -0.25) is 0 Å². The molecule has 2 aromatic carbocycles. The second-order valence-electron chi connectivity index (χ2n) is 6.57. The molecule has 3 rings (SSSR count). The summed E-state index contributed by atoms with van der Waals surface area (Å²) < 4.78 is 43.8. The number of hydrogen-bond acceptors (Lipinski definition) is 5. The van der Waals surface area contributed by atoms with Gasteiger partial charge in [-0.15, -0.1) is 10.2 Å². The van der Waals surface area contributed by atoms with Crippen molar-refractivity contribution in [1.29, 1.82) is 0 Å². The van der Waals surface area contributed by atoms with E-state index in [0.29, 0.717) is 22.5 Å². The predicted octanol–water partition coefficient (Wildman–Crippen LogP) is 5.80. The van der Waals surface area contributed by atoms with Crippen molar-refractivity contribution in [2.45, 2.75) is 32.2 Å². The van der Waals surface area contributed by atoms with Crippen LogP contribution in [0.25, 0.3) is 16.3 Å². The van der Waals surface area contributed by atoms with Gasteiger partial charge in [0.25, 0.3) is 0 Å². The maximum atomic E-state index is 12.7. The summed E-state index contributed by atoms with van der Waals surface area (Å²) in [6, 6.07) is 6.70. The SMILES string of the molecule is [C-]#[N+]c1ccc(N[C@@H](c2nnc(-c3ccc(C(F)(F)F)cc3)o2)[C@H](C)O)c(C)c1Cl. The molecule has 156 valence electrons. The van der Waals surface area contributed by atoms with Crippen LogP contribution in [0.1, 0.15) is 30.0 Å². The highest BCUT2D eigenvalue weighted by molar-refractivity contribution is 6.34. The molecule has 0 amide bonds. The molecule has 1 heterocycles. The number of rotatable bonds is 5. The van der Waals surface area contributed by atoms with E-state index in [1.54, 1.807) is 19.1 Å². The Bertz CT molecular complexity index is 1090. The Morgan fingerprint density at radius 3 is 2.40 bits per heavy atom. The van der Waals surface area contributed by atoms with E-state index in [9.17, 15) is 18.3 Å². The lowest BCUT2D eigenvalue weighted by Gasteiger charge is -2.21. The van der Waals surface area contributed by atoms with Gasteiger partial charge in [0, 0.05) is 11.3 Å². The lowest BCUT2D eigenvalue weighted by atomic mass is 10.1.